The molecule has 0 atom stereocenters. The number of hydrogen-bond acceptors (Lipinski definition) is 2. The summed E-state index contributed by atoms with van der Waals surface area (Å²) in [7, 11) is 0. The summed E-state index contributed by atoms with van der Waals surface area (Å²) in [6.45, 7) is 9.74. The SMILES string of the molecule is CC1(C)CCC(C)(C)c2cc(-c3cc4c(cc3-c3ccc(N(c5ccc(-c6ccccc6)cc5)c5ccc(-c6ccc7c(c6)oc6ccccc67)cc5)cc3)C3(c5ccccc5-c5ccccc53)c3ccccc3-4)ccc21. The normalized spacial score (nSPS) is 15.0. The van der Waals surface area contributed by atoms with Crippen LogP contribution >= 0.6 is 0 Å². The van der Waals surface area contributed by atoms with Crippen molar-refractivity contribution in [3.8, 4) is 66.8 Å². The Morgan fingerprint density at radius 2 is 0.740 bits per heavy atom. The highest BCUT2D eigenvalue weighted by molar-refractivity contribution is 6.06. The van der Waals surface area contributed by atoms with Crippen molar-refractivity contribution in [3.63, 3.8) is 0 Å². The van der Waals surface area contributed by atoms with Gasteiger partial charge in [-0.1, -0.05) is 210 Å². The first-order valence-electron chi connectivity index (χ1n) is 27.4. The third kappa shape index (κ3) is 6.94. The summed E-state index contributed by atoms with van der Waals surface area (Å²) in [6, 6.07) is 92.8. The minimum absolute atomic E-state index is 0.0659. The fourth-order valence-corrected chi connectivity index (χ4v) is 13.8. The molecule has 0 unspecified atom stereocenters. The first kappa shape index (κ1) is 45.4. The van der Waals surface area contributed by atoms with Gasteiger partial charge in [0.25, 0.3) is 0 Å². The van der Waals surface area contributed by atoms with Crippen LogP contribution in [0.15, 0.2) is 253 Å². The minimum Gasteiger partial charge on any atom is -0.456 e. The van der Waals surface area contributed by atoms with Gasteiger partial charge in [-0.25, -0.2) is 0 Å². The van der Waals surface area contributed by atoms with Crippen molar-refractivity contribution >= 4 is 39.0 Å². The Morgan fingerprint density at radius 3 is 1.36 bits per heavy atom. The van der Waals surface area contributed by atoms with Gasteiger partial charge in [0.2, 0.25) is 0 Å². The van der Waals surface area contributed by atoms with Crippen molar-refractivity contribution in [2.75, 3.05) is 4.90 Å². The van der Waals surface area contributed by atoms with Gasteiger partial charge in [-0.2, -0.15) is 0 Å². The topological polar surface area (TPSA) is 16.4 Å². The summed E-state index contributed by atoms with van der Waals surface area (Å²) in [4.78, 5) is 2.39. The van der Waals surface area contributed by atoms with Crippen molar-refractivity contribution in [1.82, 2.24) is 0 Å². The molecular weight excluding hydrogens is 931 g/mol. The number of para-hydroxylation sites is 1. The van der Waals surface area contributed by atoms with Crippen LogP contribution in [0.5, 0.6) is 0 Å². The zero-order valence-corrected chi connectivity index (χ0v) is 43.9. The molecule has 1 heterocycles. The second-order valence-corrected chi connectivity index (χ2v) is 23.0. The molecule has 0 radical (unpaired) electrons. The van der Waals surface area contributed by atoms with E-state index in [1.54, 1.807) is 0 Å². The van der Waals surface area contributed by atoms with E-state index in [0.717, 1.165) is 56.5 Å². The van der Waals surface area contributed by atoms with Crippen LogP contribution < -0.4 is 4.90 Å². The van der Waals surface area contributed by atoms with Crippen LogP contribution in [0, 0.1) is 0 Å². The van der Waals surface area contributed by atoms with Crippen LogP contribution in [-0.2, 0) is 16.2 Å². The van der Waals surface area contributed by atoms with Gasteiger partial charge in [0.15, 0.2) is 0 Å². The van der Waals surface area contributed by atoms with Crippen molar-refractivity contribution in [2.45, 2.75) is 56.8 Å². The van der Waals surface area contributed by atoms with Crippen molar-refractivity contribution in [1.29, 1.82) is 0 Å². The average molecular weight is 988 g/mol. The molecular formula is C75H57NO. The monoisotopic (exact) mass is 987 g/mol. The van der Waals surface area contributed by atoms with E-state index in [1.165, 1.54) is 95.4 Å². The molecule has 0 bridgehead atoms. The molecule has 3 aliphatic carbocycles. The van der Waals surface area contributed by atoms with E-state index in [2.05, 4.69) is 269 Å². The Balaban J connectivity index is 0.898. The smallest absolute Gasteiger partial charge is 0.136 e. The first-order valence-corrected chi connectivity index (χ1v) is 27.4. The maximum absolute atomic E-state index is 6.33. The summed E-state index contributed by atoms with van der Waals surface area (Å²) >= 11 is 0. The Bertz CT molecular complexity index is 4260. The van der Waals surface area contributed by atoms with Crippen molar-refractivity contribution in [2.24, 2.45) is 0 Å². The molecule has 368 valence electrons. The van der Waals surface area contributed by atoms with Gasteiger partial charge in [0, 0.05) is 27.8 Å². The summed E-state index contributed by atoms with van der Waals surface area (Å²) in [5.41, 5.74) is 28.0. The Hall–Kier alpha value is -8.98. The van der Waals surface area contributed by atoms with E-state index in [1.807, 2.05) is 12.1 Å². The van der Waals surface area contributed by atoms with Gasteiger partial charge >= 0.3 is 0 Å². The fraction of sp³-hybridized carbons (Fsp3) is 0.120. The van der Waals surface area contributed by atoms with Crippen LogP contribution in [0.2, 0.25) is 0 Å². The second-order valence-electron chi connectivity index (χ2n) is 23.0. The van der Waals surface area contributed by atoms with Gasteiger partial charge in [-0.3, -0.25) is 0 Å². The standard InChI is InChI=1S/C75H57NO/c1-73(2)42-43-74(3,4)70-44-53(33-41-68(70)73)62-46-64-59-20-10-14-24-67(59)75(65-22-12-8-18-57(65)58-19-9-13-23-66(58)75)69(64)47-63(62)51-30-38-56(39-31-51)76(54-34-26-49(27-35-54)48-16-6-5-7-17-48)55-36-28-50(29-37-55)52-32-40-61-60-21-11-15-25-71(60)77-72(61)45-52/h5-41,44-47H,42-43H2,1-4H3. The second kappa shape index (κ2) is 17.0. The Kier molecular flexibility index (Phi) is 10.0. The van der Waals surface area contributed by atoms with E-state index in [-0.39, 0.29) is 10.8 Å². The number of fused-ring (bicyclic) bond motifs is 14. The van der Waals surface area contributed by atoms with Crippen molar-refractivity contribution < 1.29 is 4.42 Å². The average Bonchev–Trinajstić information content (AvgIpc) is 3.86. The van der Waals surface area contributed by atoms with Gasteiger partial charge < -0.3 is 9.32 Å². The summed E-state index contributed by atoms with van der Waals surface area (Å²) < 4.78 is 6.33. The molecule has 12 aromatic rings. The lowest BCUT2D eigenvalue weighted by Crippen LogP contribution is -2.33. The van der Waals surface area contributed by atoms with Crippen LogP contribution in [0.1, 0.15) is 73.9 Å². The molecule has 0 fully saturated rings. The Morgan fingerprint density at radius 1 is 0.286 bits per heavy atom. The molecule has 15 rings (SSSR count). The van der Waals surface area contributed by atoms with E-state index >= 15 is 0 Å². The van der Waals surface area contributed by atoms with E-state index in [0.29, 0.717) is 0 Å². The van der Waals surface area contributed by atoms with Gasteiger partial charge in [0.1, 0.15) is 11.2 Å². The van der Waals surface area contributed by atoms with Crippen LogP contribution in [0.25, 0.3) is 88.7 Å². The molecule has 0 saturated carbocycles. The highest BCUT2D eigenvalue weighted by Gasteiger charge is 2.52. The number of hydrogen-bond donors (Lipinski definition) is 0. The third-order valence-corrected chi connectivity index (χ3v) is 17.8. The molecule has 0 N–H and O–H groups in total. The van der Waals surface area contributed by atoms with Crippen LogP contribution in [0.4, 0.5) is 17.1 Å². The van der Waals surface area contributed by atoms with E-state index in [4.69, 9.17) is 4.42 Å². The lowest BCUT2D eigenvalue weighted by atomic mass is 9.63. The Labute approximate surface area is 451 Å². The molecule has 77 heavy (non-hydrogen) atoms. The maximum atomic E-state index is 6.33. The fourth-order valence-electron chi connectivity index (χ4n) is 13.8. The molecule has 2 nitrogen and oxygen atoms in total. The van der Waals surface area contributed by atoms with E-state index in [9.17, 15) is 0 Å². The largest absolute Gasteiger partial charge is 0.456 e. The molecule has 1 spiro atoms. The first-order chi connectivity index (χ1) is 37.6. The molecule has 3 aliphatic rings. The summed E-state index contributed by atoms with van der Waals surface area (Å²) in [5, 5.41) is 2.28. The molecule has 0 aliphatic heterocycles. The zero-order chi connectivity index (χ0) is 51.6. The van der Waals surface area contributed by atoms with Gasteiger partial charge in [-0.05, 0) is 191 Å². The number of rotatable bonds is 7. The third-order valence-electron chi connectivity index (χ3n) is 17.8. The quantitative estimate of drug-likeness (QED) is 0.158. The predicted octanol–water partition coefficient (Wildman–Crippen LogP) is 20.4. The summed E-state index contributed by atoms with van der Waals surface area (Å²) in [5.74, 6) is 0. The van der Waals surface area contributed by atoms with Gasteiger partial charge in [-0.15, -0.1) is 0 Å². The molecule has 11 aromatic carbocycles. The number of furan rings is 1. The van der Waals surface area contributed by atoms with Crippen LogP contribution in [-0.4, -0.2) is 0 Å². The number of benzene rings is 11. The molecule has 2 heteroatoms. The summed E-state index contributed by atoms with van der Waals surface area (Å²) in [6.07, 6.45) is 2.35. The lowest BCUT2D eigenvalue weighted by molar-refractivity contribution is 0.332. The van der Waals surface area contributed by atoms with E-state index < -0.39 is 5.41 Å². The zero-order valence-electron chi connectivity index (χ0n) is 43.9. The lowest BCUT2D eigenvalue weighted by Gasteiger charge is -2.42. The number of nitrogens with zero attached hydrogens (tertiary/aromatic N) is 1. The predicted molar refractivity (Wildman–Crippen MR) is 322 cm³/mol. The maximum Gasteiger partial charge on any atom is 0.136 e. The highest BCUT2D eigenvalue weighted by atomic mass is 16.3. The van der Waals surface area contributed by atoms with Crippen molar-refractivity contribution in [3.05, 3.63) is 282 Å². The highest BCUT2D eigenvalue weighted by Crippen LogP contribution is 2.64. The van der Waals surface area contributed by atoms with Crippen LogP contribution in [0.3, 0.4) is 0 Å². The minimum atomic E-state index is -0.457. The molecule has 1 aromatic heterocycles. The van der Waals surface area contributed by atoms with Gasteiger partial charge in [0.05, 0.1) is 5.41 Å². The number of anilines is 3. The molecule has 0 saturated heterocycles. The molecule has 0 amide bonds.